The average Bonchev–Trinajstić information content (AvgIpc) is 3.40. The third-order valence-corrected chi connectivity index (χ3v) is 6.76. The van der Waals surface area contributed by atoms with Gasteiger partial charge >= 0.3 is 24.1 Å². The second-order valence-electron chi connectivity index (χ2n) is 8.62. The van der Waals surface area contributed by atoms with Gasteiger partial charge in [0, 0.05) is 12.8 Å². The number of carbonyl (C=O) groups is 3. The Morgan fingerprint density at radius 1 is 1.10 bits per heavy atom. The maximum absolute atomic E-state index is 13.4. The topological polar surface area (TPSA) is 107 Å². The fraction of sp³-hybridized carbons (Fsp3) is 0.842. The Hall–Kier alpha value is -1.92. The fourth-order valence-corrected chi connectivity index (χ4v) is 5.03. The molecule has 0 aromatic heterocycles. The molecule has 5 aliphatic rings. The van der Waals surface area contributed by atoms with Gasteiger partial charge in [0.2, 0.25) is 6.10 Å². The zero-order chi connectivity index (χ0) is 22.1. The van der Waals surface area contributed by atoms with Crippen LogP contribution in [0.15, 0.2) is 0 Å². The summed E-state index contributed by atoms with van der Waals surface area (Å²) in [4.78, 5) is 36.4. The van der Waals surface area contributed by atoms with Crippen molar-refractivity contribution in [1.29, 1.82) is 0 Å². The molecule has 0 N–H and O–H groups in total. The molecule has 4 heterocycles. The predicted octanol–water partition coefficient (Wildman–Crippen LogP) is 1.22. The lowest BCUT2D eigenvalue weighted by molar-refractivity contribution is -0.287. The quantitative estimate of drug-likeness (QED) is 0.453. The predicted molar refractivity (Wildman–Crippen MR) is 88.7 cm³/mol. The highest BCUT2D eigenvalue weighted by molar-refractivity contribution is 5.82. The molecule has 9 nitrogen and oxygen atoms in total. The summed E-state index contributed by atoms with van der Waals surface area (Å²) in [5, 5.41) is 0. The molecule has 12 heteroatoms. The van der Waals surface area contributed by atoms with Gasteiger partial charge in [0.05, 0.1) is 18.4 Å². The minimum absolute atomic E-state index is 0.0649. The normalized spacial score (nSPS) is 46.6. The van der Waals surface area contributed by atoms with Gasteiger partial charge in [-0.3, -0.25) is 9.59 Å². The number of rotatable bonds is 2. The van der Waals surface area contributed by atoms with Crippen molar-refractivity contribution in [3.63, 3.8) is 0 Å². The third-order valence-electron chi connectivity index (χ3n) is 6.76. The van der Waals surface area contributed by atoms with E-state index in [-0.39, 0.29) is 25.9 Å². The van der Waals surface area contributed by atoms with Crippen molar-refractivity contribution in [2.45, 2.75) is 75.3 Å². The molecule has 31 heavy (non-hydrogen) atoms. The maximum Gasteiger partial charge on any atom is 0.391 e. The van der Waals surface area contributed by atoms with Crippen LogP contribution in [-0.4, -0.2) is 67.2 Å². The van der Waals surface area contributed by atoms with Gasteiger partial charge in [-0.1, -0.05) is 0 Å². The molecule has 0 radical (unpaired) electrons. The molecule has 4 aliphatic heterocycles. The SMILES string of the molecule is CC1C(=O)OC2C3OC4(CCC(C(F)(F)F)CC4C(=O)OC4CCOC4=O)OC3OC12. The molecule has 0 aromatic rings. The van der Waals surface area contributed by atoms with Crippen molar-refractivity contribution in [1.82, 2.24) is 0 Å². The highest BCUT2D eigenvalue weighted by Gasteiger charge is 2.68. The van der Waals surface area contributed by atoms with Crippen LogP contribution in [0, 0.1) is 17.8 Å². The summed E-state index contributed by atoms with van der Waals surface area (Å²) in [6.45, 7) is 1.70. The first-order chi connectivity index (χ1) is 14.6. The zero-order valence-electron chi connectivity index (χ0n) is 16.5. The van der Waals surface area contributed by atoms with Gasteiger partial charge in [0.15, 0.2) is 24.3 Å². The zero-order valence-corrected chi connectivity index (χ0v) is 16.5. The number of carbonyl (C=O) groups excluding carboxylic acids is 3. The summed E-state index contributed by atoms with van der Waals surface area (Å²) in [6.07, 6.45) is -9.94. The minimum Gasteiger partial charge on any atom is -0.463 e. The van der Waals surface area contributed by atoms with Crippen molar-refractivity contribution >= 4 is 17.9 Å². The van der Waals surface area contributed by atoms with E-state index in [4.69, 9.17) is 28.4 Å². The van der Waals surface area contributed by atoms with Gasteiger partial charge in [0.25, 0.3) is 0 Å². The molecular weight excluding hydrogens is 429 g/mol. The standard InChI is InChI=1S/C19H21F3O9/c1-7-11-12(28-14(7)23)13-17(29-11)31-18(30-13)4-2-8(19(20,21)22)6-9(18)15(24)27-10-3-5-26-16(10)25/h7-13,17H,2-6H2,1H3. The summed E-state index contributed by atoms with van der Waals surface area (Å²) in [6, 6.07) is 0. The van der Waals surface area contributed by atoms with Crippen molar-refractivity contribution in [3.05, 3.63) is 0 Å². The Kier molecular flexibility index (Phi) is 4.76. The van der Waals surface area contributed by atoms with Gasteiger partial charge in [-0.25, -0.2) is 4.79 Å². The van der Waals surface area contributed by atoms with E-state index in [0.29, 0.717) is 0 Å². The molecule has 9 atom stereocenters. The second kappa shape index (κ2) is 7.04. The van der Waals surface area contributed by atoms with Crippen LogP contribution >= 0.6 is 0 Å². The van der Waals surface area contributed by atoms with Gasteiger partial charge in [-0.05, 0) is 19.8 Å². The maximum atomic E-state index is 13.4. The van der Waals surface area contributed by atoms with Crippen LogP contribution < -0.4 is 0 Å². The molecule has 5 rings (SSSR count). The number of halogens is 3. The van der Waals surface area contributed by atoms with E-state index in [1.807, 2.05) is 0 Å². The van der Waals surface area contributed by atoms with Gasteiger partial charge < -0.3 is 28.4 Å². The van der Waals surface area contributed by atoms with Crippen LogP contribution in [0.3, 0.4) is 0 Å². The largest absolute Gasteiger partial charge is 0.463 e. The van der Waals surface area contributed by atoms with Crippen molar-refractivity contribution < 1.29 is 56.0 Å². The monoisotopic (exact) mass is 450 g/mol. The number of hydrogen-bond acceptors (Lipinski definition) is 9. The second-order valence-corrected chi connectivity index (χ2v) is 8.62. The van der Waals surface area contributed by atoms with E-state index in [1.54, 1.807) is 6.92 Å². The molecule has 172 valence electrons. The van der Waals surface area contributed by atoms with E-state index in [2.05, 4.69) is 0 Å². The molecule has 9 unspecified atom stereocenters. The van der Waals surface area contributed by atoms with Crippen LogP contribution in [0.25, 0.3) is 0 Å². The summed E-state index contributed by atoms with van der Waals surface area (Å²) < 4.78 is 73.2. The Balaban J connectivity index is 1.38. The van der Waals surface area contributed by atoms with Crippen LogP contribution in [-0.2, 0) is 42.8 Å². The van der Waals surface area contributed by atoms with E-state index in [9.17, 15) is 27.6 Å². The van der Waals surface area contributed by atoms with Crippen LogP contribution in [0.2, 0.25) is 0 Å². The molecule has 0 aromatic carbocycles. The molecule has 4 saturated heterocycles. The number of alkyl halides is 3. The number of esters is 3. The molecule has 0 amide bonds. The van der Waals surface area contributed by atoms with Crippen molar-refractivity contribution in [2.75, 3.05) is 6.61 Å². The summed E-state index contributed by atoms with van der Waals surface area (Å²) in [7, 11) is 0. The Bertz CT molecular complexity index is 801. The lowest BCUT2D eigenvalue weighted by atomic mass is 9.76. The summed E-state index contributed by atoms with van der Waals surface area (Å²) in [5.41, 5.74) is 0. The van der Waals surface area contributed by atoms with Gasteiger partial charge in [-0.15, -0.1) is 0 Å². The van der Waals surface area contributed by atoms with Crippen LogP contribution in [0.4, 0.5) is 13.2 Å². The molecule has 1 aliphatic carbocycles. The number of ether oxygens (including phenoxy) is 6. The van der Waals surface area contributed by atoms with Crippen LogP contribution in [0.1, 0.15) is 32.6 Å². The van der Waals surface area contributed by atoms with E-state index in [1.165, 1.54) is 0 Å². The average molecular weight is 450 g/mol. The lowest BCUT2D eigenvalue weighted by Gasteiger charge is -2.42. The first kappa shape index (κ1) is 21.0. The Morgan fingerprint density at radius 2 is 1.87 bits per heavy atom. The van der Waals surface area contributed by atoms with E-state index >= 15 is 0 Å². The van der Waals surface area contributed by atoms with Crippen molar-refractivity contribution in [2.24, 2.45) is 17.8 Å². The lowest BCUT2D eigenvalue weighted by Crippen LogP contribution is -2.52. The molecular formula is C19H21F3O9. The Labute approximate surface area is 174 Å². The summed E-state index contributed by atoms with van der Waals surface area (Å²) in [5.74, 6) is -7.68. The number of cyclic esters (lactones) is 1. The highest BCUT2D eigenvalue weighted by atomic mass is 19.4. The molecule has 5 fully saturated rings. The van der Waals surface area contributed by atoms with E-state index in [0.717, 1.165) is 0 Å². The third kappa shape index (κ3) is 3.30. The minimum atomic E-state index is -4.51. The molecule has 0 bridgehead atoms. The highest BCUT2D eigenvalue weighted by Crippen LogP contribution is 2.54. The smallest absolute Gasteiger partial charge is 0.391 e. The first-order valence-corrected chi connectivity index (χ1v) is 10.2. The summed E-state index contributed by atoms with van der Waals surface area (Å²) >= 11 is 0. The van der Waals surface area contributed by atoms with Crippen LogP contribution in [0.5, 0.6) is 0 Å². The van der Waals surface area contributed by atoms with E-state index < -0.39 is 84.8 Å². The molecule has 1 saturated carbocycles. The molecule has 1 spiro atoms. The van der Waals surface area contributed by atoms with Gasteiger partial charge in [0.1, 0.15) is 12.0 Å². The fourth-order valence-electron chi connectivity index (χ4n) is 5.03. The number of hydrogen-bond donors (Lipinski definition) is 0. The van der Waals surface area contributed by atoms with Gasteiger partial charge in [-0.2, -0.15) is 13.2 Å². The number of fused-ring (bicyclic) bond motifs is 3. The first-order valence-electron chi connectivity index (χ1n) is 10.2. The van der Waals surface area contributed by atoms with Crippen molar-refractivity contribution in [3.8, 4) is 0 Å². The Morgan fingerprint density at radius 3 is 2.55 bits per heavy atom.